The van der Waals surface area contributed by atoms with Gasteiger partial charge in [-0.15, -0.1) is 11.3 Å². The standard InChI is InChI=1S/C23H26N4OS/c1-17-5-7-18(8-6-17)19-16-24-22-23(25(2)13-14-27(19)22)9-11-26(12-10-23)21(28)20-4-3-15-29-20/h3-8,15-16H,9-14H2,1-2H3. The first-order chi connectivity index (χ1) is 14.1. The molecule has 0 bridgehead atoms. The van der Waals surface area contributed by atoms with Crippen LogP contribution in [0.2, 0.25) is 0 Å². The van der Waals surface area contributed by atoms with Crippen molar-refractivity contribution in [2.24, 2.45) is 0 Å². The van der Waals surface area contributed by atoms with Gasteiger partial charge in [-0.25, -0.2) is 4.98 Å². The van der Waals surface area contributed by atoms with Gasteiger partial charge in [0.1, 0.15) is 5.82 Å². The number of aromatic nitrogens is 2. The molecule has 1 aromatic carbocycles. The highest BCUT2D eigenvalue weighted by Gasteiger charge is 2.46. The van der Waals surface area contributed by atoms with E-state index >= 15 is 0 Å². The smallest absolute Gasteiger partial charge is 0.263 e. The summed E-state index contributed by atoms with van der Waals surface area (Å²) in [5, 5.41) is 1.97. The summed E-state index contributed by atoms with van der Waals surface area (Å²) in [6, 6.07) is 12.6. The number of benzene rings is 1. The molecule has 0 saturated carbocycles. The number of fused-ring (bicyclic) bond motifs is 2. The average molecular weight is 407 g/mol. The van der Waals surface area contributed by atoms with Crippen LogP contribution in [0, 0.1) is 6.92 Å². The summed E-state index contributed by atoms with van der Waals surface area (Å²) in [6.07, 6.45) is 3.88. The monoisotopic (exact) mass is 406 g/mol. The fourth-order valence-electron chi connectivity index (χ4n) is 4.80. The molecule has 5 nitrogen and oxygen atoms in total. The van der Waals surface area contributed by atoms with Gasteiger partial charge >= 0.3 is 0 Å². The minimum atomic E-state index is -0.0899. The summed E-state index contributed by atoms with van der Waals surface area (Å²) in [6.45, 7) is 5.61. The van der Waals surface area contributed by atoms with Gasteiger partial charge < -0.3 is 9.47 Å². The number of carbonyl (C=O) groups excluding carboxylic acids is 1. The largest absolute Gasteiger partial charge is 0.338 e. The van der Waals surface area contributed by atoms with Crippen LogP contribution in [-0.4, -0.2) is 51.9 Å². The third-order valence-corrected chi connectivity index (χ3v) is 7.48. The molecule has 0 aliphatic carbocycles. The van der Waals surface area contributed by atoms with E-state index in [4.69, 9.17) is 4.98 Å². The van der Waals surface area contributed by atoms with E-state index < -0.39 is 0 Å². The maximum Gasteiger partial charge on any atom is 0.263 e. The molecular formula is C23H26N4OS. The Kier molecular flexibility index (Phi) is 4.56. The number of imidazole rings is 1. The molecule has 3 aromatic rings. The Labute approximate surface area is 175 Å². The molecule has 5 rings (SSSR count). The molecule has 0 radical (unpaired) electrons. The van der Waals surface area contributed by atoms with Gasteiger partial charge in [0, 0.05) is 26.2 Å². The zero-order valence-corrected chi connectivity index (χ0v) is 17.8. The minimum absolute atomic E-state index is 0.0899. The number of likely N-dealkylation sites (N-methyl/N-ethyl adjacent to an activating group) is 1. The molecule has 1 saturated heterocycles. The topological polar surface area (TPSA) is 41.4 Å². The molecule has 1 fully saturated rings. The van der Waals surface area contributed by atoms with E-state index in [-0.39, 0.29) is 11.4 Å². The van der Waals surface area contributed by atoms with Gasteiger partial charge in [-0.05, 0) is 43.8 Å². The SMILES string of the molecule is Cc1ccc(-c2cnc3n2CCN(C)C32CCN(C(=O)c3cccs3)CC2)cc1. The van der Waals surface area contributed by atoms with Crippen molar-refractivity contribution in [1.29, 1.82) is 0 Å². The number of hydrogen-bond acceptors (Lipinski definition) is 4. The lowest BCUT2D eigenvalue weighted by molar-refractivity contribution is 0.0103. The van der Waals surface area contributed by atoms with Crippen molar-refractivity contribution in [1.82, 2.24) is 19.4 Å². The molecule has 1 spiro atoms. The number of rotatable bonds is 2. The van der Waals surface area contributed by atoms with Crippen LogP contribution in [0.4, 0.5) is 0 Å². The Morgan fingerprint density at radius 1 is 1.07 bits per heavy atom. The quantitative estimate of drug-likeness (QED) is 0.646. The zero-order valence-electron chi connectivity index (χ0n) is 17.0. The van der Waals surface area contributed by atoms with Crippen molar-refractivity contribution < 1.29 is 4.79 Å². The van der Waals surface area contributed by atoms with E-state index in [2.05, 4.69) is 47.7 Å². The van der Waals surface area contributed by atoms with E-state index in [9.17, 15) is 4.79 Å². The fourth-order valence-corrected chi connectivity index (χ4v) is 5.49. The molecule has 0 unspecified atom stereocenters. The van der Waals surface area contributed by atoms with Crippen LogP contribution < -0.4 is 0 Å². The van der Waals surface area contributed by atoms with E-state index in [0.29, 0.717) is 0 Å². The van der Waals surface area contributed by atoms with Crippen LogP contribution in [-0.2, 0) is 12.1 Å². The van der Waals surface area contributed by atoms with Crippen LogP contribution in [0.1, 0.15) is 33.9 Å². The van der Waals surface area contributed by atoms with Gasteiger partial charge in [0.15, 0.2) is 0 Å². The van der Waals surface area contributed by atoms with Gasteiger partial charge in [-0.2, -0.15) is 0 Å². The lowest BCUT2D eigenvalue weighted by atomic mass is 9.83. The summed E-state index contributed by atoms with van der Waals surface area (Å²) in [7, 11) is 2.21. The Morgan fingerprint density at radius 2 is 1.83 bits per heavy atom. The second-order valence-electron chi connectivity index (χ2n) is 8.21. The number of likely N-dealkylation sites (tertiary alicyclic amines) is 1. The van der Waals surface area contributed by atoms with E-state index in [1.807, 2.05) is 28.6 Å². The number of nitrogens with zero attached hydrogens (tertiary/aromatic N) is 4. The number of aryl methyl sites for hydroxylation is 1. The number of piperidine rings is 1. The van der Waals surface area contributed by atoms with Crippen molar-refractivity contribution in [3.63, 3.8) is 0 Å². The molecule has 2 aromatic heterocycles. The average Bonchev–Trinajstić information content (AvgIpc) is 3.42. The van der Waals surface area contributed by atoms with Crippen molar-refractivity contribution in [2.45, 2.75) is 31.8 Å². The first-order valence-electron chi connectivity index (χ1n) is 10.3. The Bertz CT molecular complexity index is 1010. The maximum atomic E-state index is 12.8. The summed E-state index contributed by atoms with van der Waals surface area (Å²) in [5.41, 5.74) is 3.60. The first-order valence-corrected chi connectivity index (χ1v) is 11.1. The first kappa shape index (κ1) is 18.6. The highest BCUT2D eigenvalue weighted by atomic mass is 32.1. The highest BCUT2D eigenvalue weighted by Crippen LogP contribution is 2.41. The molecule has 2 aliphatic rings. The van der Waals surface area contributed by atoms with Crippen molar-refractivity contribution in [3.05, 3.63) is 64.2 Å². The maximum absolute atomic E-state index is 12.8. The van der Waals surface area contributed by atoms with Crippen LogP contribution in [0.5, 0.6) is 0 Å². The van der Waals surface area contributed by atoms with Crippen molar-refractivity contribution >= 4 is 17.2 Å². The lowest BCUT2D eigenvalue weighted by Gasteiger charge is -2.49. The van der Waals surface area contributed by atoms with Crippen LogP contribution in [0.3, 0.4) is 0 Å². The number of amides is 1. The second kappa shape index (κ2) is 7.11. The molecule has 6 heteroatoms. The third-order valence-electron chi connectivity index (χ3n) is 6.62. The molecule has 1 amide bonds. The Balaban J connectivity index is 1.44. The van der Waals surface area contributed by atoms with E-state index in [0.717, 1.165) is 49.7 Å². The Hall–Kier alpha value is -2.44. The normalized spacial score (nSPS) is 18.8. The second-order valence-corrected chi connectivity index (χ2v) is 9.16. The molecule has 29 heavy (non-hydrogen) atoms. The molecule has 2 aliphatic heterocycles. The van der Waals surface area contributed by atoms with Gasteiger partial charge in [0.25, 0.3) is 5.91 Å². The Morgan fingerprint density at radius 3 is 2.52 bits per heavy atom. The molecule has 0 N–H and O–H groups in total. The number of hydrogen-bond donors (Lipinski definition) is 0. The summed E-state index contributed by atoms with van der Waals surface area (Å²) in [4.78, 5) is 23.0. The highest BCUT2D eigenvalue weighted by molar-refractivity contribution is 7.12. The molecular weight excluding hydrogens is 380 g/mol. The van der Waals surface area contributed by atoms with Crippen LogP contribution in [0.15, 0.2) is 48.0 Å². The zero-order chi connectivity index (χ0) is 20.0. The molecule has 0 atom stereocenters. The predicted octanol–water partition coefficient (Wildman–Crippen LogP) is 4.00. The number of carbonyl (C=O) groups is 1. The van der Waals surface area contributed by atoms with Crippen molar-refractivity contribution in [2.75, 3.05) is 26.7 Å². The van der Waals surface area contributed by atoms with E-state index in [1.54, 1.807) is 0 Å². The molecule has 4 heterocycles. The van der Waals surface area contributed by atoms with Gasteiger partial charge in [-0.3, -0.25) is 9.69 Å². The third kappa shape index (κ3) is 3.02. The minimum Gasteiger partial charge on any atom is -0.338 e. The van der Waals surface area contributed by atoms with E-state index in [1.165, 1.54) is 28.2 Å². The molecule has 150 valence electrons. The summed E-state index contributed by atoms with van der Waals surface area (Å²) < 4.78 is 2.40. The summed E-state index contributed by atoms with van der Waals surface area (Å²) >= 11 is 1.52. The van der Waals surface area contributed by atoms with Gasteiger partial charge in [0.05, 0.1) is 22.3 Å². The summed E-state index contributed by atoms with van der Waals surface area (Å²) in [5.74, 6) is 1.32. The van der Waals surface area contributed by atoms with Crippen LogP contribution in [0.25, 0.3) is 11.3 Å². The number of thiophene rings is 1. The predicted molar refractivity (Wildman–Crippen MR) is 116 cm³/mol. The van der Waals surface area contributed by atoms with Gasteiger partial charge in [-0.1, -0.05) is 35.9 Å². The van der Waals surface area contributed by atoms with Crippen molar-refractivity contribution in [3.8, 4) is 11.3 Å². The van der Waals surface area contributed by atoms with Crippen LogP contribution >= 0.6 is 11.3 Å². The lowest BCUT2D eigenvalue weighted by Crippen LogP contribution is -2.57. The fraction of sp³-hybridized carbons (Fsp3) is 0.391. The van der Waals surface area contributed by atoms with Gasteiger partial charge in [0.2, 0.25) is 0 Å².